The lowest BCUT2D eigenvalue weighted by Crippen LogP contribution is -2.56. The van der Waals surface area contributed by atoms with Crippen LogP contribution < -0.4 is 5.32 Å². The Hall–Kier alpha value is -1.35. The van der Waals surface area contributed by atoms with Crippen molar-refractivity contribution in [2.75, 3.05) is 32.7 Å². The molecule has 5 nitrogen and oxygen atoms in total. The van der Waals surface area contributed by atoms with Gasteiger partial charge in [0.1, 0.15) is 6.04 Å². The second kappa shape index (κ2) is 8.84. The molecule has 2 heterocycles. The minimum atomic E-state index is -4.18. The molecule has 25 heavy (non-hydrogen) atoms. The molecule has 2 rings (SSSR count). The average molecular weight is 377 g/mol. The van der Waals surface area contributed by atoms with Crippen LogP contribution >= 0.6 is 11.3 Å². The van der Waals surface area contributed by atoms with E-state index in [1.165, 1.54) is 11.8 Å². The first-order chi connectivity index (χ1) is 11.8. The molecule has 0 radical (unpaired) electrons. The van der Waals surface area contributed by atoms with Crippen molar-refractivity contribution in [1.29, 1.82) is 0 Å². The molecule has 0 amide bonds. The smallest absolute Gasteiger partial charge is 0.357 e. The van der Waals surface area contributed by atoms with Crippen molar-refractivity contribution in [2.24, 2.45) is 4.99 Å². The number of rotatable bonds is 5. The van der Waals surface area contributed by atoms with Crippen LogP contribution in [-0.2, 0) is 13.0 Å². The van der Waals surface area contributed by atoms with Gasteiger partial charge >= 0.3 is 6.18 Å². The van der Waals surface area contributed by atoms with Gasteiger partial charge in [-0.1, -0.05) is 6.92 Å². The Bertz CT molecular complexity index is 564. The van der Waals surface area contributed by atoms with Crippen molar-refractivity contribution < 1.29 is 13.2 Å². The number of piperazine rings is 1. The fraction of sp³-hybridized carbons (Fsp3) is 0.750. The van der Waals surface area contributed by atoms with E-state index < -0.39 is 12.2 Å². The zero-order chi connectivity index (χ0) is 18.4. The molecular formula is C16H26F3N5S. The molecule has 1 aromatic rings. The summed E-state index contributed by atoms with van der Waals surface area (Å²) in [5.41, 5.74) is 0.932. The topological polar surface area (TPSA) is 43.8 Å². The lowest BCUT2D eigenvalue weighted by Gasteiger charge is -2.39. The van der Waals surface area contributed by atoms with E-state index in [1.807, 2.05) is 17.2 Å². The summed E-state index contributed by atoms with van der Waals surface area (Å²) in [4.78, 5) is 12.6. The molecule has 0 aliphatic carbocycles. The Morgan fingerprint density at radius 1 is 1.32 bits per heavy atom. The standard InChI is InChI=1S/C16H26F3N5S/c1-4-14-22-13(11-25-14)10-21-15(20-5-2)24-8-6-23(7-9-24)12(3)16(17,18)19/h11-12H,4-10H2,1-3H3,(H,20,21). The van der Waals surface area contributed by atoms with E-state index >= 15 is 0 Å². The fourth-order valence-electron chi connectivity index (χ4n) is 2.69. The van der Waals surface area contributed by atoms with Crippen LogP contribution in [0.5, 0.6) is 0 Å². The number of aryl methyl sites for hydroxylation is 1. The van der Waals surface area contributed by atoms with Gasteiger partial charge in [0.05, 0.1) is 17.2 Å². The van der Waals surface area contributed by atoms with Crippen LogP contribution in [0.2, 0.25) is 0 Å². The maximum Gasteiger partial charge on any atom is 0.403 e. The molecule has 142 valence electrons. The van der Waals surface area contributed by atoms with Gasteiger partial charge in [0.2, 0.25) is 0 Å². The highest BCUT2D eigenvalue weighted by Gasteiger charge is 2.41. The Morgan fingerprint density at radius 3 is 2.52 bits per heavy atom. The number of halogens is 3. The van der Waals surface area contributed by atoms with E-state index in [1.54, 1.807) is 11.3 Å². The van der Waals surface area contributed by atoms with E-state index in [0.717, 1.165) is 29.6 Å². The molecule has 0 spiro atoms. The largest absolute Gasteiger partial charge is 0.403 e. The maximum atomic E-state index is 12.9. The van der Waals surface area contributed by atoms with Crippen LogP contribution in [0.25, 0.3) is 0 Å². The summed E-state index contributed by atoms with van der Waals surface area (Å²) in [7, 11) is 0. The van der Waals surface area contributed by atoms with Gasteiger partial charge in [0.25, 0.3) is 0 Å². The summed E-state index contributed by atoms with van der Waals surface area (Å²) in [6.45, 7) is 8.29. The predicted octanol–water partition coefficient (Wildman–Crippen LogP) is 2.74. The van der Waals surface area contributed by atoms with Gasteiger partial charge in [0, 0.05) is 38.1 Å². The Kier molecular flexibility index (Phi) is 7.06. The molecule has 9 heteroatoms. The summed E-state index contributed by atoms with van der Waals surface area (Å²) in [5.74, 6) is 0.743. The minimum absolute atomic E-state index is 0.377. The third-order valence-corrected chi connectivity index (χ3v) is 5.30. The fourth-order valence-corrected chi connectivity index (χ4v) is 3.43. The molecular weight excluding hydrogens is 351 g/mol. The molecule has 1 atom stereocenters. The number of thiazole rings is 1. The third kappa shape index (κ3) is 5.57. The lowest BCUT2D eigenvalue weighted by atomic mass is 10.2. The molecule has 1 saturated heterocycles. The number of hydrogen-bond donors (Lipinski definition) is 1. The van der Waals surface area contributed by atoms with E-state index in [-0.39, 0.29) is 0 Å². The Balaban J connectivity index is 1.95. The van der Waals surface area contributed by atoms with Crippen molar-refractivity contribution in [3.8, 4) is 0 Å². The van der Waals surface area contributed by atoms with Crippen molar-refractivity contribution in [2.45, 2.75) is 46.0 Å². The van der Waals surface area contributed by atoms with Crippen LogP contribution in [-0.4, -0.2) is 65.7 Å². The van der Waals surface area contributed by atoms with Crippen molar-refractivity contribution in [3.05, 3.63) is 16.1 Å². The van der Waals surface area contributed by atoms with Crippen LogP contribution in [0, 0.1) is 0 Å². The first-order valence-corrected chi connectivity index (χ1v) is 9.50. The summed E-state index contributed by atoms with van der Waals surface area (Å²) < 4.78 is 38.6. The number of guanidine groups is 1. The van der Waals surface area contributed by atoms with Gasteiger partial charge in [-0.3, -0.25) is 4.90 Å². The SMILES string of the molecule is CCNC(=NCc1csc(CC)n1)N1CCN(C(C)C(F)(F)F)CC1. The monoisotopic (exact) mass is 377 g/mol. The van der Waals surface area contributed by atoms with Gasteiger partial charge in [-0.05, 0) is 20.3 Å². The molecule has 1 aromatic heterocycles. The summed E-state index contributed by atoms with van der Waals surface area (Å²) in [6, 6.07) is -1.41. The minimum Gasteiger partial charge on any atom is -0.357 e. The van der Waals surface area contributed by atoms with Gasteiger partial charge in [-0.15, -0.1) is 11.3 Å². The highest BCUT2D eigenvalue weighted by atomic mass is 32.1. The van der Waals surface area contributed by atoms with Crippen LogP contribution in [0.15, 0.2) is 10.4 Å². The van der Waals surface area contributed by atoms with Crippen molar-refractivity contribution >= 4 is 17.3 Å². The number of nitrogens with one attached hydrogen (secondary N) is 1. The van der Waals surface area contributed by atoms with Crippen LogP contribution in [0.4, 0.5) is 13.2 Å². The Morgan fingerprint density at radius 2 is 2.00 bits per heavy atom. The summed E-state index contributed by atoms with van der Waals surface area (Å²) in [5, 5.41) is 6.33. The van der Waals surface area contributed by atoms with Crippen LogP contribution in [0.3, 0.4) is 0 Å². The first kappa shape index (κ1) is 20.0. The van der Waals surface area contributed by atoms with E-state index in [2.05, 4.69) is 22.2 Å². The molecule has 1 aliphatic rings. The molecule has 1 N–H and O–H groups in total. The maximum absolute atomic E-state index is 12.9. The molecule has 0 aromatic carbocycles. The average Bonchev–Trinajstić information content (AvgIpc) is 3.05. The van der Waals surface area contributed by atoms with Gasteiger partial charge in [0.15, 0.2) is 5.96 Å². The molecule has 0 saturated carbocycles. The van der Waals surface area contributed by atoms with E-state index in [4.69, 9.17) is 0 Å². The summed E-state index contributed by atoms with van der Waals surface area (Å²) >= 11 is 1.63. The number of nitrogens with zero attached hydrogens (tertiary/aromatic N) is 4. The zero-order valence-electron chi connectivity index (χ0n) is 14.9. The van der Waals surface area contributed by atoms with Crippen LogP contribution in [0.1, 0.15) is 31.5 Å². The molecule has 1 aliphatic heterocycles. The first-order valence-electron chi connectivity index (χ1n) is 8.62. The molecule has 1 fully saturated rings. The third-order valence-electron chi connectivity index (χ3n) is 4.26. The quantitative estimate of drug-likeness (QED) is 0.633. The highest BCUT2D eigenvalue weighted by Crippen LogP contribution is 2.25. The molecule has 0 bridgehead atoms. The van der Waals surface area contributed by atoms with Gasteiger partial charge < -0.3 is 10.2 Å². The normalized spacial score (nSPS) is 18.5. The molecule has 1 unspecified atom stereocenters. The van der Waals surface area contributed by atoms with E-state index in [9.17, 15) is 13.2 Å². The predicted molar refractivity (Wildman–Crippen MR) is 95.0 cm³/mol. The van der Waals surface area contributed by atoms with Gasteiger partial charge in [-0.25, -0.2) is 9.98 Å². The number of aliphatic imine (C=N–C) groups is 1. The number of hydrogen-bond acceptors (Lipinski definition) is 4. The van der Waals surface area contributed by atoms with E-state index in [0.29, 0.717) is 32.7 Å². The zero-order valence-corrected chi connectivity index (χ0v) is 15.8. The summed E-state index contributed by atoms with van der Waals surface area (Å²) in [6.07, 6.45) is -3.27. The number of aromatic nitrogens is 1. The number of alkyl halides is 3. The Labute approximate surface area is 150 Å². The second-order valence-corrected chi connectivity index (χ2v) is 6.94. The van der Waals surface area contributed by atoms with Crippen molar-refractivity contribution in [3.63, 3.8) is 0 Å². The lowest BCUT2D eigenvalue weighted by molar-refractivity contribution is -0.181. The van der Waals surface area contributed by atoms with Crippen molar-refractivity contribution in [1.82, 2.24) is 20.1 Å². The highest BCUT2D eigenvalue weighted by molar-refractivity contribution is 7.09. The van der Waals surface area contributed by atoms with Gasteiger partial charge in [-0.2, -0.15) is 13.2 Å². The second-order valence-electron chi connectivity index (χ2n) is 6.00.